The van der Waals surface area contributed by atoms with Crippen molar-refractivity contribution in [2.24, 2.45) is 0 Å². The van der Waals surface area contributed by atoms with Gasteiger partial charge in [0.1, 0.15) is 0 Å². The summed E-state index contributed by atoms with van der Waals surface area (Å²) < 4.78 is 5.13. The van der Waals surface area contributed by atoms with Gasteiger partial charge in [0.2, 0.25) is 0 Å². The van der Waals surface area contributed by atoms with Crippen LogP contribution in [0.2, 0.25) is 0 Å². The number of imide groups is 1. The van der Waals surface area contributed by atoms with Crippen molar-refractivity contribution in [1.29, 1.82) is 0 Å². The fraction of sp³-hybridized carbons (Fsp3) is 0.190. The zero-order valence-electron chi connectivity index (χ0n) is 14.3. The summed E-state index contributed by atoms with van der Waals surface area (Å²) in [7, 11) is 0. The van der Waals surface area contributed by atoms with Crippen LogP contribution in [0.5, 0.6) is 0 Å². The lowest BCUT2D eigenvalue weighted by Gasteiger charge is -2.13. The molecule has 1 heterocycles. The molecule has 1 aliphatic heterocycles. The first kappa shape index (κ1) is 17.6. The molecule has 26 heavy (non-hydrogen) atoms. The lowest BCUT2D eigenvalue weighted by molar-refractivity contribution is -0.137. The number of fused-ring (bicyclic) bond motifs is 1. The van der Waals surface area contributed by atoms with Gasteiger partial charge in [-0.05, 0) is 36.6 Å². The summed E-state index contributed by atoms with van der Waals surface area (Å²) in [5.74, 6) is -0.920. The van der Waals surface area contributed by atoms with Gasteiger partial charge in [0.05, 0.1) is 17.7 Å². The molecular formula is C21H19NO4. The molecule has 1 aliphatic rings. The van der Waals surface area contributed by atoms with E-state index in [1.54, 1.807) is 30.3 Å². The minimum Gasteiger partial charge on any atom is -0.463 e. The maximum Gasteiger partial charge on any atom is 0.330 e. The second-order valence-electron chi connectivity index (χ2n) is 5.93. The monoisotopic (exact) mass is 349 g/mol. The highest BCUT2D eigenvalue weighted by Gasteiger charge is 2.34. The molecule has 0 saturated heterocycles. The number of hydrogen-bond donors (Lipinski definition) is 0. The topological polar surface area (TPSA) is 63.7 Å². The Hall–Kier alpha value is -3.21. The van der Waals surface area contributed by atoms with Crippen LogP contribution in [-0.2, 0) is 9.53 Å². The van der Waals surface area contributed by atoms with Gasteiger partial charge in [-0.15, -0.1) is 0 Å². The molecule has 0 saturated carbocycles. The molecule has 0 radical (unpaired) electrons. The molecule has 0 bridgehead atoms. The Kier molecular flexibility index (Phi) is 5.59. The van der Waals surface area contributed by atoms with Gasteiger partial charge in [0.25, 0.3) is 11.8 Å². The first-order chi connectivity index (χ1) is 12.7. The quantitative estimate of drug-likeness (QED) is 0.333. The Morgan fingerprint density at radius 3 is 2.15 bits per heavy atom. The van der Waals surface area contributed by atoms with Gasteiger partial charge < -0.3 is 4.74 Å². The third-order valence-electron chi connectivity index (χ3n) is 4.11. The number of nitrogens with zero attached hydrogens (tertiary/aromatic N) is 1. The number of esters is 1. The predicted octanol–water partition coefficient (Wildman–Crippen LogP) is 3.32. The molecular weight excluding hydrogens is 330 g/mol. The van der Waals surface area contributed by atoms with Gasteiger partial charge in [-0.25, -0.2) is 4.79 Å². The number of hydrogen-bond acceptors (Lipinski definition) is 4. The third kappa shape index (κ3) is 4.06. The van der Waals surface area contributed by atoms with Crippen molar-refractivity contribution >= 4 is 23.9 Å². The van der Waals surface area contributed by atoms with E-state index in [0.29, 0.717) is 30.5 Å². The first-order valence-corrected chi connectivity index (χ1v) is 8.52. The number of benzene rings is 2. The predicted molar refractivity (Wildman–Crippen MR) is 97.5 cm³/mol. The molecule has 0 atom stereocenters. The van der Waals surface area contributed by atoms with Crippen molar-refractivity contribution in [3.8, 4) is 0 Å². The Balaban J connectivity index is 1.39. The fourth-order valence-corrected chi connectivity index (χ4v) is 2.76. The Morgan fingerprint density at radius 1 is 0.885 bits per heavy atom. The van der Waals surface area contributed by atoms with Gasteiger partial charge in [-0.2, -0.15) is 0 Å². The third-order valence-corrected chi connectivity index (χ3v) is 4.11. The van der Waals surface area contributed by atoms with Crippen LogP contribution < -0.4 is 0 Å². The van der Waals surface area contributed by atoms with Crippen LogP contribution in [0, 0.1) is 0 Å². The normalized spacial score (nSPS) is 13.3. The molecule has 2 aromatic carbocycles. The van der Waals surface area contributed by atoms with Crippen LogP contribution in [0.4, 0.5) is 0 Å². The highest BCUT2D eigenvalue weighted by Crippen LogP contribution is 2.22. The molecule has 0 spiro atoms. The fourth-order valence-electron chi connectivity index (χ4n) is 2.76. The number of unbranched alkanes of at least 4 members (excludes halogenated alkanes) is 1. The van der Waals surface area contributed by atoms with E-state index in [2.05, 4.69) is 0 Å². The van der Waals surface area contributed by atoms with E-state index < -0.39 is 5.97 Å². The molecule has 5 nitrogen and oxygen atoms in total. The summed E-state index contributed by atoms with van der Waals surface area (Å²) in [6.45, 7) is 0.574. The maximum atomic E-state index is 12.2. The van der Waals surface area contributed by atoms with Gasteiger partial charge in [-0.3, -0.25) is 14.5 Å². The second kappa shape index (κ2) is 8.25. The van der Waals surface area contributed by atoms with Crippen molar-refractivity contribution in [2.45, 2.75) is 12.8 Å². The second-order valence-corrected chi connectivity index (χ2v) is 5.93. The van der Waals surface area contributed by atoms with Gasteiger partial charge in [0.15, 0.2) is 0 Å². The van der Waals surface area contributed by atoms with Crippen molar-refractivity contribution in [1.82, 2.24) is 4.90 Å². The van der Waals surface area contributed by atoms with E-state index in [4.69, 9.17) is 4.74 Å². The molecule has 2 amide bonds. The van der Waals surface area contributed by atoms with E-state index in [1.807, 2.05) is 30.3 Å². The van der Waals surface area contributed by atoms with E-state index in [9.17, 15) is 14.4 Å². The SMILES string of the molecule is O=C(/C=C/c1ccccc1)OCCCCN1C(=O)c2ccccc2C1=O. The summed E-state index contributed by atoms with van der Waals surface area (Å²) in [5.41, 5.74) is 1.83. The van der Waals surface area contributed by atoms with E-state index in [0.717, 1.165) is 5.56 Å². The molecule has 0 unspecified atom stereocenters. The largest absolute Gasteiger partial charge is 0.463 e. The molecule has 0 N–H and O–H groups in total. The van der Waals surface area contributed by atoms with Crippen LogP contribution in [-0.4, -0.2) is 35.8 Å². The minimum absolute atomic E-state index is 0.251. The van der Waals surface area contributed by atoms with Crippen molar-refractivity contribution in [3.05, 3.63) is 77.4 Å². The summed E-state index contributed by atoms with van der Waals surface area (Å²) in [5, 5.41) is 0. The number of amides is 2. The van der Waals surface area contributed by atoms with E-state index in [-0.39, 0.29) is 18.4 Å². The minimum atomic E-state index is -0.408. The number of carbonyl (C=O) groups excluding carboxylic acids is 3. The number of rotatable bonds is 7. The first-order valence-electron chi connectivity index (χ1n) is 8.52. The summed E-state index contributed by atoms with van der Waals surface area (Å²) in [6.07, 6.45) is 4.25. The highest BCUT2D eigenvalue weighted by atomic mass is 16.5. The highest BCUT2D eigenvalue weighted by molar-refractivity contribution is 6.21. The van der Waals surface area contributed by atoms with Crippen molar-refractivity contribution in [3.63, 3.8) is 0 Å². The molecule has 5 heteroatoms. The van der Waals surface area contributed by atoms with Crippen LogP contribution in [0.25, 0.3) is 6.08 Å². The number of carbonyl (C=O) groups is 3. The molecule has 3 rings (SSSR count). The molecule has 0 aliphatic carbocycles. The summed E-state index contributed by atoms with van der Waals surface area (Å²) in [4.78, 5) is 37.3. The van der Waals surface area contributed by atoms with Gasteiger partial charge >= 0.3 is 5.97 Å². The van der Waals surface area contributed by atoms with Crippen LogP contribution >= 0.6 is 0 Å². The van der Waals surface area contributed by atoms with E-state index in [1.165, 1.54) is 11.0 Å². The smallest absolute Gasteiger partial charge is 0.330 e. The number of ether oxygens (including phenoxy) is 1. The summed E-state index contributed by atoms with van der Waals surface area (Å²) in [6, 6.07) is 16.3. The van der Waals surface area contributed by atoms with Crippen LogP contribution in [0.3, 0.4) is 0 Å². The summed E-state index contributed by atoms with van der Waals surface area (Å²) >= 11 is 0. The molecule has 0 fully saturated rings. The molecule has 2 aromatic rings. The lowest BCUT2D eigenvalue weighted by Crippen LogP contribution is -2.30. The Labute approximate surface area is 151 Å². The average molecular weight is 349 g/mol. The zero-order valence-corrected chi connectivity index (χ0v) is 14.3. The van der Waals surface area contributed by atoms with Crippen molar-refractivity contribution in [2.75, 3.05) is 13.2 Å². The Bertz CT molecular complexity index is 807. The van der Waals surface area contributed by atoms with Gasteiger partial charge in [-0.1, -0.05) is 42.5 Å². The maximum absolute atomic E-state index is 12.2. The molecule has 0 aromatic heterocycles. The van der Waals surface area contributed by atoms with Crippen LogP contribution in [0.15, 0.2) is 60.7 Å². The standard InChI is InChI=1S/C21H19NO4/c23-19(13-12-16-8-2-1-3-9-16)26-15-7-6-14-22-20(24)17-10-4-5-11-18(17)21(22)25/h1-5,8-13H,6-7,14-15H2/b13-12+. The van der Waals surface area contributed by atoms with Gasteiger partial charge in [0, 0.05) is 12.6 Å². The van der Waals surface area contributed by atoms with Crippen molar-refractivity contribution < 1.29 is 19.1 Å². The lowest BCUT2D eigenvalue weighted by atomic mass is 10.1. The Morgan fingerprint density at radius 2 is 1.50 bits per heavy atom. The van der Waals surface area contributed by atoms with Crippen LogP contribution in [0.1, 0.15) is 39.1 Å². The average Bonchev–Trinajstić information content (AvgIpc) is 2.92. The molecule has 132 valence electrons. The zero-order chi connectivity index (χ0) is 18.4. The van der Waals surface area contributed by atoms with E-state index >= 15 is 0 Å².